The number of cyclic esters (lactones) is 1. The fourth-order valence-corrected chi connectivity index (χ4v) is 5.23. The molecule has 1 aliphatic heterocycles. The Morgan fingerprint density at radius 3 is 2.43 bits per heavy atom. The van der Waals surface area contributed by atoms with Crippen molar-refractivity contribution in [1.82, 2.24) is 4.90 Å². The molecule has 1 amide bonds. The van der Waals surface area contributed by atoms with Gasteiger partial charge >= 0.3 is 6.09 Å². The van der Waals surface area contributed by atoms with Crippen LogP contribution in [0.25, 0.3) is 0 Å². The average molecular weight is 432 g/mol. The van der Waals surface area contributed by atoms with Gasteiger partial charge in [0, 0.05) is 6.54 Å². The van der Waals surface area contributed by atoms with Gasteiger partial charge in [0.05, 0.1) is 13.2 Å². The van der Waals surface area contributed by atoms with E-state index in [1.807, 2.05) is 35.2 Å². The van der Waals surface area contributed by atoms with Crippen molar-refractivity contribution in [3.8, 4) is 0 Å². The third-order valence-corrected chi connectivity index (χ3v) is 11.9. The summed E-state index contributed by atoms with van der Waals surface area (Å²) in [7, 11) is -2.06. The lowest BCUT2D eigenvalue weighted by molar-refractivity contribution is -0.0246. The topological polar surface area (TPSA) is 59.0 Å². The molecular formula is C24H37NO4Si. The number of nitrogens with zero attached hydrogens (tertiary/aromatic N) is 1. The van der Waals surface area contributed by atoms with Crippen molar-refractivity contribution in [3.05, 3.63) is 48.0 Å². The van der Waals surface area contributed by atoms with Crippen LogP contribution < -0.4 is 0 Å². The number of carbonyl (C=O) groups excluding carboxylic acids is 1. The number of rotatable bonds is 8. The minimum absolute atomic E-state index is 0.0605. The van der Waals surface area contributed by atoms with Crippen molar-refractivity contribution in [3.63, 3.8) is 0 Å². The second-order valence-electron chi connectivity index (χ2n) is 10.3. The predicted molar refractivity (Wildman–Crippen MR) is 122 cm³/mol. The Labute approximate surface area is 182 Å². The Morgan fingerprint density at radius 2 is 1.93 bits per heavy atom. The molecule has 1 aliphatic carbocycles. The smallest absolute Gasteiger partial charge is 0.411 e. The van der Waals surface area contributed by atoms with E-state index < -0.39 is 20.0 Å². The molecule has 2 atom stereocenters. The van der Waals surface area contributed by atoms with E-state index >= 15 is 0 Å². The summed E-state index contributed by atoms with van der Waals surface area (Å²) in [6.07, 6.45) is 2.28. The van der Waals surface area contributed by atoms with Gasteiger partial charge in [0.2, 0.25) is 0 Å². The lowest BCUT2D eigenvalue weighted by atomic mass is 9.66. The van der Waals surface area contributed by atoms with Crippen LogP contribution in [0.1, 0.15) is 45.6 Å². The molecule has 6 heteroatoms. The SMILES string of the molecule is C=C(CO)[C@H]1OC(=O)N(Cc2ccccc2)[C@]1(CO[Si](C)(C)C(C)(C)C)C1CCC1. The highest BCUT2D eigenvalue weighted by Gasteiger charge is 2.61. The summed E-state index contributed by atoms with van der Waals surface area (Å²) in [5.41, 5.74) is 0.964. The maximum Gasteiger partial charge on any atom is 0.411 e. The quantitative estimate of drug-likeness (QED) is 0.459. The number of ether oxygens (including phenoxy) is 1. The molecule has 1 aromatic rings. The second-order valence-corrected chi connectivity index (χ2v) is 15.1. The molecule has 2 aliphatic rings. The van der Waals surface area contributed by atoms with Crippen LogP contribution in [0.3, 0.4) is 0 Å². The summed E-state index contributed by atoms with van der Waals surface area (Å²) in [6, 6.07) is 10.0. The first-order chi connectivity index (χ1) is 14.0. The summed E-state index contributed by atoms with van der Waals surface area (Å²) in [4.78, 5) is 15.0. The molecule has 0 aromatic heterocycles. The highest BCUT2D eigenvalue weighted by molar-refractivity contribution is 6.74. The first-order valence-electron chi connectivity index (χ1n) is 11.0. The number of hydrogen-bond donors (Lipinski definition) is 1. The summed E-state index contributed by atoms with van der Waals surface area (Å²) >= 11 is 0. The Bertz CT molecular complexity index is 769. The molecule has 0 spiro atoms. The Hall–Kier alpha value is -1.63. The molecule has 1 heterocycles. The predicted octanol–water partition coefficient (Wildman–Crippen LogP) is 5.12. The maximum absolute atomic E-state index is 13.1. The third kappa shape index (κ3) is 4.10. The van der Waals surface area contributed by atoms with Crippen molar-refractivity contribution in [2.45, 2.75) is 76.4 Å². The molecule has 5 nitrogen and oxygen atoms in total. The van der Waals surface area contributed by atoms with Crippen molar-refractivity contribution in [2.24, 2.45) is 5.92 Å². The van der Waals surface area contributed by atoms with Crippen LogP contribution in [0, 0.1) is 5.92 Å². The minimum Gasteiger partial charge on any atom is -0.439 e. The molecule has 0 unspecified atom stereocenters. The summed E-state index contributed by atoms with van der Waals surface area (Å²) in [5, 5.41) is 9.94. The van der Waals surface area contributed by atoms with E-state index in [0.717, 1.165) is 24.8 Å². The van der Waals surface area contributed by atoms with Gasteiger partial charge in [-0.2, -0.15) is 0 Å². The first-order valence-corrected chi connectivity index (χ1v) is 13.9. The largest absolute Gasteiger partial charge is 0.439 e. The number of aliphatic hydroxyl groups is 1. The zero-order valence-corrected chi connectivity index (χ0v) is 20.1. The lowest BCUT2D eigenvalue weighted by Gasteiger charge is -2.50. The highest BCUT2D eigenvalue weighted by atomic mass is 28.4. The summed E-state index contributed by atoms with van der Waals surface area (Å²) in [6.45, 7) is 15.9. The molecule has 0 bridgehead atoms. The molecule has 166 valence electrons. The number of carbonyl (C=O) groups is 1. The number of amides is 1. The Morgan fingerprint density at radius 1 is 1.30 bits per heavy atom. The van der Waals surface area contributed by atoms with Crippen LogP contribution in [0.4, 0.5) is 4.79 Å². The van der Waals surface area contributed by atoms with Gasteiger partial charge in [0.25, 0.3) is 0 Å². The lowest BCUT2D eigenvalue weighted by Crippen LogP contribution is -2.63. The van der Waals surface area contributed by atoms with Crippen molar-refractivity contribution in [1.29, 1.82) is 0 Å². The van der Waals surface area contributed by atoms with E-state index in [0.29, 0.717) is 18.7 Å². The first kappa shape index (κ1) is 23.0. The van der Waals surface area contributed by atoms with Gasteiger partial charge in [0.15, 0.2) is 14.4 Å². The maximum atomic E-state index is 13.1. The fraction of sp³-hybridized carbons (Fsp3) is 0.625. The van der Waals surface area contributed by atoms with Crippen LogP contribution in [0.15, 0.2) is 42.5 Å². The molecule has 1 aromatic carbocycles. The van der Waals surface area contributed by atoms with E-state index in [1.54, 1.807) is 0 Å². The van der Waals surface area contributed by atoms with Crippen molar-refractivity contribution in [2.75, 3.05) is 13.2 Å². The van der Waals surface area contributed by atoms with E-state index in [2.05, 4.69) is 40.4 Å². The van der Waals surface area contributed by atoms with Crippen LogP contribution in [0.5, 0.6) is 0 Å². The van der Waals surface area contributed by atoms with E-state index in [1.165, 1.54) is 0 Å². The van der Waals surface area contributed by atoms with E-state index in [-0.39, 0.29) is 23.7 Å². The molecule has 3 rings (SSSR count). The number of benzene rings is 1. The van der Waals surface area contributed by atoms with E-state index in [9.17, 15) is 9.90 Å². The van der Waals surface area contributed by atoms with Gasteiger partial charge in [0.1, 0.15) is 5.54 Å². The highest BCUT2D eigenvalue weighted by Crippen LogP contribution is 2.50. The molecule has 30 heavy (non-hydrogen) atoms. The van der Waals surface area contributed by atoms with E-state index in [4.69, 9.17) is 9.16 Å². The zero-order chi connectivity index (χ0) is 22.2. The molecule has 1 saturated carbocycles. The van der Waals surface area contributed by atoms with Crippen molar-refractivity contribution >= 4 is 14.4 Å². The van der Waals surface area contributed by atoms with Crippen LogP contribution >= 0.6 is 0 Å². The summed E-state index contributed by atoms with van der Waals surface area (Å²) in [5.74, 6) is 0.269. The Balaban J connectivity index is 2.02. The van der Waals surface area contributed by atoms with Gasteiger partial charge in [-0.1, -0.05) is 64.1 Å². The molecular weight excluding hydrogens is 394 g/mol. The molecule has 2 fully saturated rings. The standard InChI is InChI=1S/C24H37NO4Si/c1-18(16-26)21-24(20-13-10-14-20,17-28-30(5,6)23(2,3)4)25(22(27)29-21)15-19-11-8-7-9-12-19/h7-9,11-12,20-21,26H,1,10,13-17H2,2-6H3/t21-,24-/m1/s1. The summed E-state index contributed by atoms with van der Waals surface area (Å²) < 4.78 is 12.6. The average Bonchev–Trinajstić information content (AvgIpc) is 2.91. The van der Waals surface area contributed by atoms with Crippen LogP contribution in [0.2, 0.25) is 18.1 Å². The van der Waals surface area contributed by atoms with Crippen molar-refractivity contribution < 1.29 is 19.1 Å². The normalized spacial score (nSPS) is 25.2. The fourth-order valence-electron chi connectivity index (χ4n) is 4.20. The van der Waals surface area contributed by atoms with Gasteiger partial charge in [-0.3, -0.25) is 4.90 Å². The van der Waals surface area contributed by atoms with Gasteiger partial charge in [-0.25, -0.2) is 4.79 Å². The monoisotopic (exact) mass is 431 g/mol. The van der Waals surface area contributed by atoms with Crippen LogP contribution in [-0.4, -0.2) is 49.3 Å². The number of hydrogen-bond acceptors (Lipinski definition) is 4. The van der Waals surface area contributed by atoms with Gasteiger partial charge in [-0.05, 0) is 48.0 Å². The molecule has 0 radical (unpaired) electrons. The minimum atomic E-state index is -2.06. The van der Waals surface area contributed by atoms with Crippen LogP contribution in [-0.2, 0) is 15.7 Å². The Kier molecular flexibility index (Phi) is 6.51. The zero-order valence-electron chi connectivity index (χ0n) is 19.1. The van der Waals surface area contributed by atoms with Gasteiger partial charge < -0.3 is 14.3 Å². The molecule has 1 N–H and O–H groups in total. The molecule has 1 saturated heterocycles. The number of aliphatic hydroxyl groups excluding tert-OH is 1. The third-order valence-electron chi connectivity index (χ3n) is 7.44. The van der Waals surface area contributed by atoms with Gasteiger partial charge in [-0.15, -0.1) is 0 Å². The second kappa shape index (κ2) is 8.48.